The van der Waals surface area contributed by atoms with Gasteiger partial charge in [-0.05, 0) is 30.7 Å². The largest absolute Gasteiger partial charge is 0.497 e. The first-order valence-electron chi connectivity index (χ1n) is 7.41. The highest BCUT2D eigenvalue weighted by atomic mass is 16.5. The third-order valence-electron chi connectivity index (χ3n) is 3.23. The number of aromatic nitrogens is 1. The SMILES string of the molecule is CCCNC(=O)c1ccnc(Nc2cc(OC)ccc2OC)c1. The van der Waals surface area contributed by atoms with Gasteiger partial charge in [-0.25, -0.2) is 4.98 Å². The fourth-order valence-corrected chi connectivity index (χ4v) is 2.03. The minimum Gasteiger partial charge on any atom is -0.497 e. The van der Waals surface area contributed by atoms with Gasteiger partial charge in [0.2, 0.25) is 0 Å². The second-order valence-corrected chi connectivity index (χ2v) is 4.88. The molecule has 6 nitrogen and oxygen atoms in total. The van der Waals surface area contributed by atoms with Crippen molar-refractivity contribution in [2.45, 2.75) is 13.3 Å². The molecule has 2 aromatic rings. The molecule has 1 aromatic heterocycles. The lowest BCUT2D eigenvalue weighted by Crippen LogP contribution is -2.24. The lowest BCUT2D eigenvalue weighted by Gasteiger charge is -2.12. The zero-order valence-electron chi connectivity index (χ0n) is 13.6. The van der Waals surface area contributed by atoms with Crippen LogP contribution in [0.1, 0.15) is 23.7 Å². The molecule has 0 fully saturated rings. The first-order valence-corrected chi connectivity index (χ1v) is 7.41. The monoisotopic (exact) mass is 315 g/mol. The molecule has 23 heavy (non-hydrogen) atoms. The van der Waals surface area contributed by atoms with E-state index in [9.17, 15) is 4.79 Å². The van der Waals surface area contributed by atoms with Gasteiger partial charge in [0.25, 0.3) is 5.91 Å². The van der Waals surface area contributed by atoms with Gasteiger partial charge in [-0.3, -0.25) is 4.79 Å². The van der Waals surface area contributed by atoms with Gasteiger partial charge in [0.05, 0.1) is 19.9 Å². The number of methoxy groups -OCH3 is 2. The summed E-state index contributed by atoms with van der Waals surface area (Å²) in [6.07, 6.45) is 2.48. The summed E-state index contributed by atoms with van der Waals surface area (Å²) in [5.41, 5.74) is 1.27. The number of hydrogen-bond donors (Lipinski definition) is 2. The van der Waals surface area contributed by atoms with Crippen LogP contribution in [0.15, 0.2) is 36.5 Å². The Balaban J connectivity index is 2.22. The molecule has 0 atom stereocenters. The van der Waals surface area contributed by atoms with E-state index in [1.807, 2.05) is 19.1 Å². The van der Waals surface area contributed by atoms with Crippen molar-refractivity contribution in [2.24, 2.45) is 0 Å². The summed E-state index contributed by atoms with van der Waals surface area (Å²) in [6, 6.07) is 8.80. The number of carbonyl (C=O) groups excluding carboxylic acids is 1. The smallest absolute Gasteiger partial charge is 0.251 e. The number of rotatable bonds is 7. The van der Waals surface area contributed by atoms with Gasteiger partial charge < -0.3 is 20.1 Å². The van der Waals surface area contributed by atoms with Crippen LogP contribution >= 0.6 is 0 Å². The Bertz CT molecular complexity index is 674. The fourth-order valence-electron chi connectivity index (χ4n) is 2.03. The molecule has 0 spiro atoms. The molecular formula is C17H21N3O3. The highest BCUT2D eigenvalue weighted by molar-refractivity contribution is 5.94. The maximum atomic E-state index is 12.0. The molecule has 2 rings (SSSR count). The Labute approximate surface area is 135 Å². The summed E-state index contributed by atoms with van der Waals surface area (Å²) >= 11 is 0. The van der Waals surface area contributed by atoms with Crippen LogP contribution in [0.2, 0.25) is 0 Å². The summed E-state index contributed by atoms with van der Waals surface area (Å²) < 4.78 is 10.5. The number of pyridine rings is 1. The van der Waals surface area contributed by atoms with Crippen molar-refractivity contribution in [2.75, 3.05) is 26.1 Å². The number of amides is 1. The number of ether oxygens (including phenoxy) is 2. The van der Waals surface area contributed by atoms with Gasteiger partial charge in [-0.15, -0.1) is 0 Å². The van der Waals surface area contributed by atoms with Crippen molar-refractivity contribution in [1.29, 1.82) is 0 Å². The van der Waals surface area contributed by atoms with Crippen molar-refractivity contribution < 1.29 is 14.3 Å². The molecule has 0 unspecified atom stereocenters. The Hall–Kier alpha value is -2.76. The number of anilines is 2. The number of carbonyl (C=O) groups is 1. The molecular weight excluding hydrogens is 294 g/mol. The standard InChI is InChI=1S/C17H21N3O3/c1-4-8-19-17(21)12-7-9-18-16(10-12)20-14-11-13(22-2)5-6-15(14)23-3/h5-7,9-11H,4,8H2,1-3H3,(H,18,20)(H,19,21). The highest BCUT2D eigenvalue weighted by Crippen LogP contribution is 2.31. The first kappa shape index (κ1) is 16.6. The minimum atomic E-state index is -0.116. The summed E-state index contributed by atoms with van der Waals surface area (Å²) in [4.78, 5) is 16.3. The molecule has 1 aromatic carbocycles. The van der Waals surface area contributed by atoms with E-state index in [0.717, 1.165) is 6.42 Å². The molecule has 0 bridgehead atoms. The van der Waals surface area contributed by atoms with Crippen LogP contribution in [0.3, 0.4) is 0 Å². The summed E-state index contributed by atoms with van der Waals surface area (Å²) in [6.45, 7) is 2.66. The second kappa shape index (κ2) is 8.03. The zero-order valence-corrected chi connectivity index (χ0v) is 13.6. The Morgan fingerprint density at radius 3 is 2.70 bits per heavy atom. The molecule has 1 heterocycles. The van der Waals surface area contributed by atoms with Crippen LogP contribution in [-0.2, 0) is 0 Å². The lowest BCUT2D eigenvalue weighted by atomic mass is 10.2. The van der Waals surface area contributed by atoms with Gasteiger partial charge in [-0.1, -0.05) is 6.92 Å². The molecule has 0 aliphatic carbocycles. The van der Waals surface area contributed by atoms with Crippen molar-refractivity contribution in [1.82, 2.24) is 10.3 Å². The van der Waals surface area contributed by atoms with E-state index in [2.05, 4.69) is 15.6 Å². The van der Waals surface area contributed by atoms with Crippen molar-refractivity contribution >= 4 is 17.4 Å². The summed E-state index contributed by atoms with van der Waals surface area (Å²) in [7, 11) is 3.19. The number of hydrogen-bond acceptors (Lipinski definition) is 5. The molecule has 0 saturated carbocycles. The van der Waals surface area contributed by atoms with Crippen LogP contribution in [0.5, 0.6) is 11.5 Å². The van der Waals surface area contributed by atoms with Crippen molar-refractivity contribution in [3.8, 4) is 11.5 Å². The third kappa shape index (κ3) is 4.35. The van der Waals surface area contributed by atoms with E-state index in [0.29, 0.717) is 35.1 Å². The van der Waals surface area contributed by atoms with Gasteiger partial charge in [0.15, 0.2) is 0 Å². The fraction of sp³-hybridized carbons (Fsp3) is 0.294. The minimum absolute atomic E-state index is 0.116. The Morgan fingerprint density at radius 2 is 2.00 bits per heavy atom. The van der Waals surface area contributed by atoms with E-state index < -0.39 is 0 Å². The number of nitrogens with one attached hydrogen (secondary N) is 2. The van der Waals surface area contributed by atoms with Gasteiger partial charge in [-0.2, -0.15) is 0 Å². The van der Waals surface area contributed by atoms with Crippen LogP contribution in [0.25, 0.3) is 0 Å². The van der Waals surface area contributed by atoms with Gasteiger partial charge >= 0.3 is 0 Å². The van der Waals surface area contributed by atoms with Crippen molar-refractivity contribution in [3.05, 3.63) is 42.1 Å². The lowest BCUT2D eigenvalue weighted by molar-refractivity contribution is 0.0953. The molecule has 0 aliphatic heterocycles. The van der Waals surface area contributed by atoms with Gasteiger partial charge in [0.1, 0.15) is 17.3 Å². The van der Waals surface area contributed by atoms with Crippen LogP contribution in [0.4, 0.5) is 11.5 Å². The Kier molecular flexibility index (Phi) is 5.80. The quantitative estimate of drug-likeness (QED) is 0.822. The maximum Gasteiger partial charge on any atom is 0.251 e. The normalized spacial score (nSPS) is 10.0. The topological polar surface area (TPSA) is 72.5 Å². The first-order chi connectivity index (χ1) is 11.2. The summed E-state index contributed by atoms with van der Waals surface area (Å²) in [5, 5.41) is 5.99. The predicted octanol–water partition coefficient (Wildman–Crippen LogP) is 2.98. The highest BCUT2D eigenvalue weighted by Gasteiger charge is 2.09. The van der Waals surface area contributed by atoms with Crippen molar-refractivity contribution in [3.63, 3.8) is 0 Å². The summed E-state index contributed by atoms with van der Waals surface area (Å²) in [5.74, 6) is 1.80. The van der Waals surface area contributed by atoms with E-state index in [1.165, 1.54) is 0 Å². The van der Waals surface area contributed by atoms with E-state index in [-0.39, 0.29) is 5.91 Å². The predicted molar refractivity (Wildman–Crippen MR) is 89.7 cm³/mol. The number of benzene rings is 1. The van der Waals surface area contributed by atoms with E-state index in [1.54, 1.807) is 38.6 Å². The third-order valence-corrected chi connectivity index (χ3v) is 3.23. The molecule has 0 aliphatic rings. The Morgan fingerprint density at radius 1 is 1.17 bits per heavy atom. The molecule has 2 N–H and O–H groups in total. The molecule has 0 saturated heterocycles. The average Bonchev–Trinajstić information content (AvgIpc) is 2.59. The zero-order chi connectivity index (χ0) is 16.7. The average molecular weight is 315 g/mol. The second-order valence-electron chi connectivity index (χ2n) is 4.88. The van der Waals surface area contributed by atoms with E-state index >= 15 is 0 Å². The molecule has 0 radical (unpaired) electrons. The van der Waals surface area contributed by atoms with Crippen LogP contribution in [-0.4, -0.2) is 31.7 Å². The molecule has 122 valence electrons. The van der Waals surface area contributed by atoms with Gasteiger partial charge in [0, 0.05) is 24.4 Å². The van der Waals surface area contributed by atoms with Crippen LogP contribution < -0.4 is 20.1 Å². The van der Waals surface area contributed by atoms with Crippen LogP contribution in [0, 0.1) is 0 Å². The molecule has 6 heteroatoms. The number of nitrogens with zero attached hydrogens (tertiary/aromatic N) is 1. The molecule has 1 amide bonds. The maximum absolute atomic E-state index is 12.0. The van der Waals surface area contributed by atoms with E-state index in [4.69, 9.17) is 9.47 Å².